The van der Waals surface area contributed by atoms with Crippen molar-refractivity contribution in [2.45, 2.75) is 25.7 Å². The van der Waals surface area contributed by atoms with E-state index in [1.54, 1.807) is 18.2 Å². The van der Waals surface area contributed by atoms with Crippen LogP contribution < -0.4 is 20.1 Å². The van der Waals surface area contributed by atoms with E-state index in [1.807, 2.05) is 6.92 Å². The highest BCUT2D eigenvalue weighted by Gasteiger charge is 2.49. The average molecular weight is 451 g/mol. The van der Waals surface area contributed by atoms with Crippen LogP contribution in [0.4, 0.5) is 23.7 Å². The molecule has 2 aromatic rings. The Bertz CT molecular complexity index is 1060. The number of rotatable bonds is 6. The number of halogens is 3. The summed E-state index contributed by atoms with van der Waals surface area (Å²) in [5.74, 6) is -1.41. The first-order valence-corrected chi connectivity index (χ1v) is 9.38. The fourth-order valence-corrected chi connectivity index (χ4v) is 3.28. The van der Waals surface area contributed by atoms with Gasteiger partial charge in [0.2, 0.25) is 5.91 Å². The van der Waals surface area contributed by atoms with Gasteiger partial charge in [-0.05, 0) is 49.2 Å². The van der Waals surface area contributed by atoms with Crippen molar-refractivity contribution in [3.05, 3.63) is 53.6 Å². The van der Waals surface area contributed by atoms with Gasteiger partial charge in [0, 0.05) is 0 Å². The number of nitrogens with one attached hydrogen (secondary N) is 2. The van der Waals surface area contributed by atoms with E-state index in [1.165, 1.54) is 26.2 Å². The van der Waals surface area contributed by atoms with Gasteiger partial charge in [0.05, 0.1) is 12.8 Å². The Kier molecular flexibility index (Phi) is 6.02. The van der Waals surface area contributed by atoms with Crippen LogP contribution in [0.5, 0.6) is 11.5 Å². The first-order chi connectivity index (χ1) is 14.9. The van der Waals surface area contributed by atoms with E-state index in [2.05, 4.69) is 15.4 Å². The molecule has 170 valence electrons. The molecule has 1 aliphatic heterocycles. The molecule has 2 aromatic carbocycles. The quantitative estimate of drug-likeness (QED) is 0.657. The molecule has 0 radical (unpaired) electrons. The van der Waals surface area contributed by atoms with Crippen LogP contribution in [0.2, 0.25) is 0 Å². The SMILES string of the molecule is COc1ccc(C)cc1NC(=O)CN1C(=O)NC(C)(c2ccc(OC(F)(F)F)cc2)C1=O. The van der Waals surface area contributed by atoms with Crippen LogP contribution in [0, 0.1) is 6.92 Å². The van der Waals surface area contributed by atoms with E-state index in [4.69, 9.17) is 4.74 Å². The van der Waals surface area contributed by atoms with Crippen molar-refractivity contribution in [2.24, 2.45) is 0 Å². The molecule has 1 heterocycles. The lowest BCUT2D eigenvalue weighted by Crippen LogP contribution is -2.42. The number of nitrogens with zero attached hydrogens (tertiary/aromatic N) is 1. The highest BCUT2D eigenvalue weighted by molar-refractivity contribution is 6.10. The van der Waals surface area contributed by atoms with Gasteiger partial charge in [-0.3, -0.25) is 14.5 Å². The summed E-state index contributed by atoms with van der Waals surface area (Å²) in [5, 5.41) is 5.09. The van der Waals surface area contributed by atoms with Crippen molar-refractivity contribution in [1.82, 2.24) is 10.2 Å². The predicted octanol–water partition coefficient (Wildman–Crippen LogP) is 3.31. The molecule has 0 bridgehead atoms. The Balaban J connectivity index is 1.74. The first-order valence-electron chi connectivity index (χ1n) is 9.38. The highest BCUT2D eigenvalue weighted by Crippen LogP contribution is 2.31. The summed E-state index contributed by atoms with van der Waals surface area (Å²) in [7, 11) is 1.44. The third-order valence-electron chi connectivity index (χ3n) is 4.87. The van der Waals surface area contributed by atoms with E-state index >= 15 is 0 Å². The van der Waals surface area contributed by atoms with Gasteiger partial charge in [-0.15, -0.1) is 13.2 Å². The predicted molar refractivity (Wildman–Crippen MR) is 107 cm³/mol. The Morgan fingerprint density at radius 3 is 2.41 bits per heavy atom. The Labute approximate surface area is 181 Å². The lowest BCUT2D eigenvalue weighted by molar-refractivity contribution is -0.274. The molecule has 32 heavy (non-hydrogen) atoms. The molecule has 1 saturated heterocycles. The second-order valence-electron chi connectivity index (χ2n) is 7.27. The molecule has 8 nitrogen and oxygen atoms in total. The van der Waals surface area contributed by atoms with Crippen molar-refractivity contribution in [3.63, 3.8) is 0 Å². The van der Waals surface area contributed by atoms with Crippen LogP contribution in [0.3, 0.4) is 0 Å². The van der Waals surface area contributed by atoms with Crippen LogP contribution >= 0.6 is 0 Å². The summed E-state index contributed by atoms with van der Waals surface area (Å²) in [6.45, 7) is 2.66. The zero-order valence-electron chi connectivity index (χ0n) is 17.4. The molecule has 2 N–H and O–H groups in total. The zero-order chi connectivity index (χ0) is 23.7. The summed E-state index contributed by atoms with van der Waals surface area (Å²) in [6.07, 6.45) is -4.85. The minimum Gasteiger partial charge on any atom is -0.495 e. The molecular weight excluding hydrogens is 431 g/mol. The number of ether oxygens (including phenoxy) is 2. The van der Waals surface area contributed by atoms with Crippen molar-refractivity contribution in [1.29, 1.82) is 0 Å². The summed E-state index contributed by atoms with van der Waals surface area (Å²) in [5.41, 5.74) is -0.0855. The number of anilines is 1. The molecule has 0 aliphatic carbocycles. The van der Waals surface area contributed by atoms with Crippen LogP contribution in [-0.4, -0.2) is 42.8 Å². The third kappa shape index (κ3) is 4.76. The van der Waals surface area contributed by atoms with Crippen LogP contribution in [0.25, 0.3) is 0 Å². The van der Waals surface area contributed by atoms with E-state index < -0.39 is 42.0 Å². The minimum atomic E-state index is -4.85. The maximum absolute atomic E-state index is 12.9. The number of imide groups is 1. The number of benzene rings is 2. The molecule has 1 unspecified atom stereocenters. The molecule has 0 saturated carbocycles. The Morgan fingerprint density at radius 2 is 1.81 bits per heavy atom. The lowest BCUT2D eigenvalue weighted by Gasteiger charge is -2.22. The van der Waals surface area contributed by atoms with Crippen molar-refractivity contribution in [2.75, 3.05) is 19.0 Å². The van der Waals surface area contributed by atoms with E-state index in [9.17, 15) is 27.6 Å². The van der Waals surface area contributed by atoms with Crippen molar-refractivity contribution >= 4 is 23.5 Å². The first kappa shape index (κ1) is 22.9. The average Bonchev–Trinajstić information content (AvgIpc) is 2.91. The number of aryl methyl sites for hydroxylation is 1. The maximum Gasteiger partial charge on any atom is 0.573 e. The second kappa shape index (κ2) is 8.40. The van der Waals surface area contributed by atoms with E-state index in [0.29, 0.717) is 11.4 Å². The Hall–Kier alpha value is -3.76. The number of amides is 4. The number of methoxy groups -OCH3 is 1. The molecular formula is C21H20F3N3O5. The standard InChI is InChI=1S/C21H20F3N3O5/c1-12-4-9-16(31-3)15(10-12)25-17(28)11-27-18(29)20(2,26-19(27)30)13-5-7-14(8-6-13)32-21(22,23)24/h4-10H,11H2,1-3H3,(H,25,28)(H,26,30). The normalized spacial score (nSPS) is 18.4. The molecule has 4 amide bonds. The van der Waals surface area contributed by atoms with Crippen molar-refractivity contribution in [3.8, 4) is 11.5 Å². The molecule has 1 atom stereocenters. The van der Waals surface area contributed by atoms with Crippen molar-refractivity contribution < 1.29 is 37.0 Å². The molecule has 3 rings (SSSR count). The summed E-state index contributed by atoms with van der Waals surface area (Å²) in [4.78, 5) is 38.6. The molecule has 11 heteroatoms. The summed E-state index contributed by atoms with van der Waals surface area (Å²) in [6, 6.07) is 8.88. The largest absolute Gasteiger partial charge is 0.573 e. The van der Waals surface area contributed by atoms with E-state index in [-0.39, 0.29) is 5.56 Å². The van der Waals surface area contributed by atoms with Gasteiger partial charge in [-0.25, -0.2) is 4.79 Å². The zero-order valence-corrected chi connectivity index (χ0v) is 17.4. The fraction of sp³-hybridized carbons (Fsp3) is 0.286. The van der Waals surface area contributed by atoms with Gasteiger partial charge in [0.1, 0.15) is 23.6 Å². The summed E-state index contributed by atoms with van der Waals surface area (Å²) >= 11 is 0. The topological polar surface area (TPSA) is 97.0 Å². The summed E-state index contributed by atoms with van der Waals surface area (Å²) < 4.78 is 46.0. The number of carbonyl (C=O) groups excluding carboxylic acids is 3. The molecule has 0 spiro atoms. The molecule has 1 fully saturated rings. The maximum atomic E-state index is 12.9. The fourth-order valence-electron chi connectivity index (χ4n) is 3.28. The van der Waals surface area contributed by atoms with Gasteiger partial charge in [0.25, 0.3) is 5.91 Å². The molecule has 1 aliphatic rings. The number of hydrogen-bond acceptors (Lipinski definition) is 5. The lowest BCUT2D eigenvalue weighted by atomic mass is 9.92. The smallest absolute Gasteiger partial charge is 0.495 e. The number of hydrogen-bond donors (Lipinski definition) is 2. The van der Waals surface area contributed by atoms with Gasteiger partial charge >= 0.3 is 12.4 Å². The van der Waals surface area contributed by atoms with E-state index in [0.717, 1.165) is 22.6 Å². The highest BCUT2D eigenvalue weighted by atomic mass is 19.4. The monoisotopic (exact) mass is 451 g/mol. The second-order valence-corrected chi connectivity index (χ2v) is 7.27. The van der Waals surface area contributed by atoms with Crippen LogP contribution in [0.15, 0.2) is 42.5 Å². The minimum absolute atomic E-state index is 0.230. The van der Waals surface area contributed by atoms with Crippen LogP contribution in [-0.2, 0) is 15.1 Å². The Morgan fingerprint density at radius 1 is 1.16 bits per heavy atom. The van der Waals surface area contributed by atoms with Gasteiger partial charge in [0.15, 0.2) is 0 Å². The number of alkyl halides is 3. The third-order valence-corrected chi connectivity index (χ3v) is 4.87. The number of urea groups is 1. The molecule has 0 aromatic heterocycles. The van der Waals surface area contributed by atoms with Gasteiger partial charge in [-0.2, -0.15) is 0 Å². The van der Waals surface area contributed by atoms with Gasteiger partial charge < -0.3 is 20.1 Å². The van der Waals surface area contributed by atoms with Gasteiger partial charge in [-0.1, -0.05) is 18.2 Å². The van der Waals surface area contributed by atoms with Crippen LogP contribution in [0.1, 0.15) is 18.1 Å². The number of carbonyl (C=O) groups is 3.